The summed E-state index contributed by atoms with van der Waals surface area (Å²) < 4.78 is 0. The van der Waals surface area contributed by atoms with Crippen LogP contribution < -0.4 is 0 Å². The van der Waals surface area contributed by atoms with Crippen molar-refractivity contribution >= 4 is 21.8 Å². The Hall–Kier alpha value is -0.830. The van der Waals surface area contributed by atoms with Crippen LogP contribution in [-0.2, 0) is 11.3 Å². The zero-order valence-electron chi connectivity index (χ0n) is 11.0. The van der Waals surface area contributed by atoms with Gasteiger partial charge in [-0.25, -0.2) is 0 Å². The monoisotopic (exact) mass is 309 g/mol. The molecule has 1 aliphatic carbocycles. The smallest absolute Gasteiger partial charge is 0.236 e. The van der Waals surface area contributed by atoms with Crippen molar-refractivity contribution in [2.45, 2.75) is 44.1 Å². The van der Waals surface area contributed by atoms with Gasteiger partial charge in [-0.2, -0.15) is 0 Å². The Kier molecular flexibility index (Phi) is 4.44. The first-order valence-corrected chi connectivity index (χ1v) is 7.49. The third kappa shape index (κ3) is 3.35. The van der Waals surface area contributed by atoms with Crippen LogP contribution in [0.3, 0.4) is 0 Å². The van der Waals surface area contributed by atoms with Gasteiger partial charge in [-0.05, 0) is 38.2 Å². The first kappa shape index (κ1) is 13.6. The molecule has 0 radical (unpaired) electrons. The predicted octanol–water partition coefficient (Wildman–Crippen LogP) is 3.60. The van der Waals surface area contributed by atoms with Crippen molar-refractivity contribution < 1.29 is 4.79 Å². The van der Waals surface area contributed by atoms with E-state index >= 15 is 0 Å². The maximum Gasteiger partial charge on any atom is 0.236 e. The third-order valence-electron chi connectivity index (χ3n) is 3.61. The van der Waals surface area contributed by atoms with Crippen molar-refractivity contribution in [3.8, 4) is 0 Å². The van der Waals surface area contributed by atoms with Crippen molar-refractivity contribution in [1.82, 2.24) is 4.90 Å². The Morgan fingerprint density at radius 2 is 1.94 bits per heavy atom. The first-order chi connectivity index (χ1) is 8.59. The molecule has 0 bridgehead atoms. The van der Waals surface area contributed by atoms with E-state index in [-0.39, 0.29) is 10.7 Å². The van der Waals surface area contributed by atoms with Crippen LogP contribution in [0.15, 0.2) is 30.3 Å². The van der Waals surface area contributed by atoms with Gasteiger partial charge in [0.05, 0.1) is 4.83 Å². The summed E-state index contributed by atoms with van der Waals surface area (Å²) in [6.45, 7) is 4.79. The molecule has 2 unspecified atom stereocenters. The molecule has 2 nitrogen and oxygen atoms in total. The molecule has 0 saturated heterocycles. The Morgan fingerprint density at radius 3 is 2.44 bits per heavy atom. The van der Waals surface area contributed by atoms with Crippen molar-refractivity contribution in [3.05, 3.63) is 35.9 Å². The molecule has 0 heterocycles. The maximum atomic E-state index is 12.3. The van der Waals surface area contributed by atoms with Gasteiger partial charge in [0.15, 0.2) is 0 Å². The molecular weight excluding hydrogens is 290 g/mol. The summed E-state index contributed by atoms with van der Waals surface area (Å²) in [5.74, 6) is 0.891. The second kappa shape index (κ2) is 5.87. The lowest BCUT2D eigenvalue weighted by atomic mass is 10.1. The van der Waals surface area contributed by atoms with Crippen LogP contribution >= 0.6 is 15.9 Å². The van der Waals surface area contributed by atoms with E-state index in [2.05, 4.69) is 35.0 Å². The molecule has 18 heavy (non-hydrogen) atoms. The summed E-state index contributed by atoms with van der Waals surface area (Å²) in [6, 6.07) is 10.6. The van der Waals surface area contributed by atoms with Gasteiger partial charge in [0.1, 0.15) is 0 Å². The highest BCUT2D eigenvalue weighted by molar-refractivity contribution is 9.10. The van der Waals surface area contributed by atoms with Gasteiger partial charge >= 0.3 is 0 Å². The lowest BCUT2D eigenvalue weighted by molar-refractivity contribution is -0.133. The van der Waals surface area contributed by atoms with E-state index in [9.17, 15) is 4.79 Å². The topological polar surface area (TPSA) is 20.3 Å². The molecule has 1 fully saturated rings. The number of halogens is 1. The minimum Gasteiger partial charge on any atom is -0.334 e. The number of alkyl halides is 1. The van der Waals surface area contributed by atoms with Crippen LogP contribution in [0.25, 0.3) is 0 Å². The maximum absolute atomic E-state index is 12.3. The lowest BCUT2D eigenvalue weighted by Crippen LogP contribution is -2.42. The zero-order chi connectivity index (χ0) is 13.1. The number of carbonyl (C=O) groups excluding carboxylic acids is 1. The summed E-state index contributed by atoms with van der Waals surface area (Å²) in [4.78, 5) is 14.2. The summed E-state index contributed by atoms with van der Waals surface area (Å²) in [6.07, 6.45) is 2.52. The summed E-state index contributed by atoms with van der Waals surface area (Å²) in [7, 11) is 0. The standard InChI is InChI=1S/C15H20BrNO/c1-11(16)15(18)17(12(2)14-8-9-14)10-13-6-4-3-5-7-13/h3-7,11-12,14H,8-10H2,1-2H3. The molecule has 2 atom stereocenters. The van der Waals surface area contributed by atoms with Crippen molar-refractivity contribution in [1.29, 1.82) is 0 Å². The highest BCUT2D eigenvalue weighted by atomic mass is 79.9. The average Bonchev–Trinajstić information content (AvgIpc) is 3.19. The fourth-order valence-electron chi connectivity index (χ4n) is 2.26. The Morgan fingerprint density at radius 1 is 1.33 bits per heavy atom. The summed E-state index contributed by atoms with van der Waals surface area (Å²) in [5.41, 5.74) is 1.20. The molecule has 1 aromatic rings. The van der Waals surface area contributed by atoms with Gasteiger partial charge in [-0.1, -0.05) is 46.3 Å². The van der Waals surface area contributed by atoms with Crippen molar-refractivity contribution in [3.63, 3.8) is 0 Å². The van der Waals surface area contributed by atoms with E-state index in [0.717, 1.165) is 0 Å². The largest absolute Gasteiger partial charge is 0.334 e. The van der Waals surface area contributed by atoms with Crippen molar-refractivity contribution in [2.75, 3.05) is 0 Å². The molecule has 1 amide bonds. The van der Waals surface area contributed by atoms with E-state index in [1.165, 1.54) is 18.4 Å². The van der Waals surface area contributed by atoms with Crippen LogP contribution in [0.4, 0.5) is 0 Å². The molecule has 1 aromatic carbocycles. The molecule has 0 N–H and O–H groups in total. The van der Waals surface area contributed by atoms with E-state index in [4.69, 9.17) is 0 Å². The van der Waals surface area contributed by atoms with Crippen LogP contribution in [0.2, 0.25) is 0 Å². The summed E-state index contributed by atoms with van der Waals surface area (Å²) >= 11 is 3.40. The van der Waals surface area contributed by atoms with E-state index in [0.29, 0.717) is 18.5 Å². The molecule has 98 valence electrons. The Balaban J connectivity index is 2.11. The van der Waals surface area contributed by atoms with Crippen LogP contribution in [0.5, 0.6) is 0 Å². The predicted molar refractivity (Wildman–Crippen MR) is 77.6 cm³/mol. The van der Waals surface area contributed by atoms with E-state index in [1.54, 1.807) is 0 Å². The SMILES string of the molecule is CC(Br)C(=O)N(Cc1ccccc1)C(C)C1CC1. The fraction of sp³-hybridized carbons (Fsp3) is 0.533. The molecule has 0 spiro atoms. The highest BCUT2D eigenvalue weighted by Crippen LogP contribution is 2.36. The molecular formula is C15H20BrNO. The number of rotatable bonds is 5. The molecule has 3 heteroatoms. The second-order valence-electron chi connectivity index (χ2n) is 5.15. The fourth-order valence-corrected chi connectivity index (χ4v) is 2.53. The first-order valence-electron chi connectivity index (χ1n) is 6.58. The lowest BCUT2D eigenvalue weighted by Gasteiger charge is -2.30. The number of amides is 1. The van der Waals surface area contributed by atoms with E-state index < -0.39 is 0 Å². The number of benzene rings is 1. The minimum absolute atomic E-state index is 0.109. The van der Waals surface area contributed by atoms with Crippen LogP contribution in [0.1, 0.15) is 32.3 Å². The number of hydrogen-bond donors (Lipinski definition) is 0. The third-order valence-corrected chi connectivity index (χ3v) is 4.01. The highest BCUT2D eigenvalue weighted by Gasteiger charge is 2.35. The van der Waals surface area contributed by atoms with Gasteiger partial charge in [-0.3, -0.25) is 4.79 Å². The molecule has 0 aromatic heterocycles. The normalized spacial score (nSPS) is 18.2. The minimum atomic E-state index is -0.109. The Labute approximate surface area is 117 Å². The van der Waals surface area contributed by atoms with E-state index in [1.807, 2.05) is 30.0 Å². The second-order valence-corrected chi connectivity index (χ2v) is 6.52. The van der Waals surface area contributed by atoms with Crippen LogP contribution in [-0.4, -0.2) is 21.7 Å². The quantitative estimate of drug-likeness (QED) is 0.761. The summed E-state index contributed by atoms with van der Waals surface area (Å²) in [5, 5.41) is 0. The molecule has 1 aliphatic rings. The zero-order valence-corrected chi connectivity index (χ0v) is 12.6. The molecule has 0 aliphatic heterocycles. The number of nitrogens with zero attached hydrogens (tertiary/aromatic N) is 1. The Bertz CT molecular complexity index is 400. The number of carbonyl (C=O) groups is 1. The van der Waals surface area contributed by atoms with Gasteiger partial charge in [0.25, 0.3) is 0 Å². The van der Waals surface area contributed by atoms with Crippen LogP contribution in [0, 0.1) is 5.92 Å². The van der Waals surface area contributed by atoms with Gasteiger partial charge in [0, 0.05) is 12.6 Å². The molecule has 1 saturated carbocycles. The number of hydrogen-bond acceptors (Lipinski definition) is 1. The average molecular weight is 310 g/mol. The molecule has 2 rings (SSSR count). The van der Waals surface area contributed by atoms with Crippen molar-refractivity contribution in [2.24, 2.45) is 5.92 Å². The van der Waals surface area contributed by atoms with Gasteiger partial charge in [0.2, 0.25) is 5.91 Å². The van der Waals surface area contributed by atoms with Gasteiger partial charge in [-0.15, -0.1) is 0 Å². The van der Waals surface area contributed by atoms with Gasteiger partial charge < -0.3 is 4.90 Å².